The highest BCUT2D eigenvalue weighted by Gasteiger charge is 2.34. The van der Waals surface area contributed by atoms with E-state index >= 15 is 0 Å². The van der Waals surface area contributed by atoms with Gasteiger partial charge in [-0.1, -0.05) is 54.4 Å². The van der Waals surface area contributed by atoms with E-state index in [9.17, 15) is 0 Å². The Kier molecular flexibility index (Phi) is 7.31. The van der Waals surface area contributed by atoms with Crippen molar-refractivity contribution in [3.05, 3.63) is 0 Å². The first-order chi connectivity index (χ1) is 6.66. The molecule has 1 aliphatic carbocycles. The highest BCUT2D eigenvalue weighted by atomic mass is 14.4. The van der Waals surface area contributed by atoms with Gasteiger partial charge in [-0.3, -0.25) is 0 Å². The largest absolute Gasteiger partial charge is 0.0683 e. The summed E-state index contributed by atoms with van der Waals surface area (Å²) in [7, 11) is 0. The average molecular weight is 198 g/mol. The van der Waals surface area contributed by atoms with E-state index in [0.717, 1.165) is 23.7 Å². The van der Waals surface area contributed by atoms with Crippen LogP contribution in [0.4, 0.5) is 0 Å². The Bertz CT molecular complexity index is 128. The fourth-order valence-electron chi connectivity index (χ4n) is 2.90. The Labute approximate surface area is 91.5 Å². The zero-order valence-corrected chi connectivity index (χ0v) is 11.1. The molecule has 0 aromatic heterocycles. The SMILES string of the molecule is CC.CCCCC1C(C)CC(C)C1C. The third kappa shape index (κ3) is 3.63. The molecule has 1 aliphatic rings. The fraction of sp³-hybridized carbons (Fsp3) is 1.00. The summed E-state index contributed by atoms with van der Waals surface area (Å²) in [5, 5.41) is 0. The van der Waals surface area contributed by atoms with Gasteiger partial charge in [-0.25, -0.2) is 0 Å². The summed E-state index contributed by atoms with van der Waals surface area (Å²) in [5.41, 5.74) is 0. The lowest BCUT2D eigenvalue weighted by Gasteiger charge is -2.20. The predicted molar refractivity (Wildman–Crippen MR) is 66.5 cm³/mol. The number of hydrogen-bond donors (Lipinski definition) is 0. The third-order valence-corrected chi connectivity index (χ3v) is 3.94. The summed E-state index contributed by atoms with van der Waals surface area (Å²) in [6.07, 6.45) is 5.75. The second-order valence-electron chi connectivity index (χ2n) is 4.86. The molecule has 1 fully saturated rings. The van der Waals surface area contributed by atoms with Gasteiger partial charge < -0.3 is 0 Å². The minimum absolute atomic E-state index is 0.974. The van der Waals surface area contributed by atoms with Gasteiger partial charge in [-0.2, -0.15) is 0 Å². The van der Waals surface area contributed by atoms with E-state index in [4.69, 9.17) is 0 Å². The molecule has 0 aromatic carbocycles. The molecule has 0 aromatic rings. The van der Waals surface area contributed by atoms with E-state index in [2.05, 4.69) is 27.7 Å². The van der Waals surface area contributed by atoms with Gasteiger partial charge in [0.2, 0.25) is 0 Å². The van der Waals surface area contributed by atoms with Crippen LogP contribution in [0.5, 0.6) is 0 Å². The van der Waals surface area contributed by atoms with Crippen molar-refractivity contribution in [1.82, 2.24) is 0 Å². The van der Waals surface area contributed by atoms with Crippen LogP contribution in [0.3, 0.4) is 0 Å². The van der Waals surface area contributed by atoms with Crippen molar-refractivity contribution < 1.29 is 0 Å². The van der Waals surface area contributed by atoms with Crippen LogP contribution < -0.4 is 0 Å². The maximum atomic E-state index is 2.45. The maximum absolute atomic E-state index is 2.45. The van der Waals surface area contributed by atoms with Crippen LogP contribution in [0, 0.1) is 23.7 Å². The maximum Gasteiger partial charge on any atom is -0.0360 e. The number of unbranched alkanes of at least 4 members (excludes halogenated alkanes) is 1. The molecule has 1 rings (SSSR count). The van der Waals surface area contributed by atoms with Crippen LogP contribution in [-0.2, 0) is 0 Å². The van der Waals surface area contributed by atoms with Crippen LogP contribution in [0.15, 0.2) is 0 Å². The van der Waals surface area contributed by atoms with Crippen molar-refractivity contribution >= 4 is 0 Å². The topological polar surface area (TPSA) is 0 Å². The molecule has 4 unspecified atom stereocenters. The lowest BCUT2D eigenvalue weighted by molar-refractivity contribution is 0.296. The van der Waals surface area contributed by atoms with Crippen molar-refractivity contribution in [3.63, 3.8) is 0 Å². The zero-order valence-electron chi connectivity index (χ0n) is 11.1. The molecule has 0 heteroatoms. The third-order valence-electron chi connectivity index (χ3n) is 3.94. The van der Waals surface area contributed by atoms with Gasteiger partial charge in [0.1, 0.15) is 0 Å². The first-order valence-corrected chi connectivity index (χ1v) is 6.66. The fourth-order valence-corrected chi connectivity index (χ4v) is 2.90. The van der Waals surface area contributed by atoms with Crippen LogP contribution in [0.2, 0.25) is 0 Å². The molecular formula is C14H30. The van der Waals surface area contributed by atoms with Gasteiger partial charge in [-0.15, -0.1) is 0 Å². The molecule has 0 spiro atoms. The normalized spacial score (nSPS) is 36.4. The van der Waals surface area contributed by atoms with E-state index in [0.29, 0.717) is 0 Å². The Morgan fingerprint density at radius 1 is 1.00 bits per heavy atom. The first-order valence-electron chi connectivity index (χ1n) is 6.66. The molecule has 0 aliphatic heterocycles. The molecule has 0 N–H and O–H groups in total. The molecule has 0 heterocycles. The smallest absolute Gasteiger partial charge is 0.0360 e. The van der Waals surface area contributed by atoms with Crippen molar-refractivity contribution in [2.24, 2.45) is 23.7 Å². The summed E-state index contributed by atoms with van der Waals surface area (Å²) in [5.74, 6) is 3.97. The van der Waals surface area contributed by atoms with E-state index in [-0.39, 0.29) is 0 Å². The van der Waals surface area contributed by atoms with Crippen molar-refractivity contribution in [2.45, 2.75) is 67.2 Å². The van der Waals surface area contributed by atoms with Crippen LogP contribution in [0.25, 0.3) is 0 Å². The van der Waals surface area contributed by atoms with Gasteiger partial charge in [0.05, 0.1) is 0 Å². The monoisotopic (exact) mass is 198 g/mol. The quantitative estimate of drug-likeness (QED) is 0.589. The van der Waals surface area contributed by atoms with Gasteiger partial charge in [0.25, 0.3) is 0 Å². The number of hydrogen-bond acceptors (Lipinski definition) is 0. The van der Waals surface area contributed by atoms with Crippen LogP contribution >= 0.6 is 0 Å². The van der Waals surface area contributed by atoms with E-state index in [1.807, 2.05) is 13.8 Å². The number of rotatable bonds is 3. The van der Waals surface area contributed by atoms with Gasteiger partial charge in [0, 0.05) is 0 Å². The Hall–Kier alpha value is 0. The molecule has 14 heavy (non-hydrogen) atoms. The summed E-state index contributed by atoms with van der Waals surface area (Å²) in [6, 6.07) is 0. The minimum Gasteiger partial charge on any atom is -0.0683 e. The van der Waals surface area contributed by atoms with E-state index < -0.39 is 0 Å². The summed E-state index contributed by atoms with van der Waals surface area (Å²) in [6.45, 7) is 13.6. The van der Waals surface area contributed by atoms with Crippen molar-refractivity contribution in [2.75, 3.05) is 0 Å². The van der Waals surface area contributed by atoms with Crippen LogP contribution in [0.1, 0.15) is 67.2 Å². The summed E-state index contributed by atoms with van der Waals surface area (Å²) < 4.78 is 0. The summed E-state index contributed by atoms with van der Waals surface area (Å²) >= 11 is 0. The van der Waals surface area contributed by atoms with Gasteiger partial charge in [-0.05, 0) is 36.5 Å². The first kappa shape index (κ1) is 14.0. The summed E-state index contributed by atoms with van der Waals surface area (Å²) in [4.78, 5) is 0. The highest BCUT2D eigenvalue weighted by molar-refractivity contribution is 4.84. The minimum atomic E-state index is 0.974. The predicted octanol–water partition coefficient (Wildman–Crippen LogP) is 5.13. The second kappa shape index (κ2) is 7.31. The molecule has 86 valence electrons. The van der Waals surface area contributed by atoms with E-state index in [1.54, 1.807) is 0 Å². The molecule has 0 nitrogen and oxygen atoms in total. The standard InChI is InChI=1S/C12H24.C2H6/c1-5-6-7-12-10(3)8-9(2)11(12)4;1-2/h9-12H,5-8H2,1-4H3;1-2H3. The molecule has 0 bridgehead atoms. The zero-order chi connectivity index (χ0) is 11.1. The van der Waals surface area contributed by atoms with E-state index in [1.165, 1.54) is 25.7 Å². The van der Waals surface area contributed by atoms with Gasteiger partial charge in [0.15, 0.2) is 0 Å². The Morgan fingerprint density at radius 3 is 1.93 bits per heavy atom. The molecule has 1 saturated carbocycles. The highest BCUT2D eigenvalue weighted by Crippen LogP contribution is 2.43. The lowest BCUT2D eigenvalue weighted by atomic mass is 9.85. The molecule has 0 saturated heterocycles. The lowest BCUT2D eigenvalue weighted by Crippen LogP contribution is -2.12. The van der Waals surface area contributed by atoms with Gasteiger partial charge >= 0.3 is 0 Å². The van der Waals surface area contributed by atoms with Crippen molar-refractivity contribution in [1.29, 1.82) is 0 Å². The molecule has 0 radical (unpaired) electrons. The average Bonchev–Trinajstić information content (AvgIpc) is 2.43. The van der Waals surface area contributed by atoms with Crippen LogP contribution in [-0.4, -0.2) is 0 Å². The molecular weight excluding hydrogens is 168 g/mol. The molecule has 4 atom stereocenters. The van der Waals surface area contributed by atoms with Crippen molar-refractivity contribution in [3.8, 4) is 0 Å². The Balaban J connectivity index is 0.000000791. The second-order valence-corrected chi connectivity index (χ2v) is 4.86. The Morgan fingerprint density at radius 2 is 1.57 bits per heavy atom. The molecule has 0 amide bonds.